The molecule has 0 fully saturated rings. The summed E-state index contributed by atoms with van der Waals surface area (Å²) in [6, 6.07) is 4.71. The summed E-state index contributed by atoms with van der Waals surface area (Å²) >= 11 is 0. The van der Waals surface area contributed by atoms with Gasteiger partial charge in [0.2, 0.25) is 0 Å². The first-order chi connectivity index (χ1) is 9.15. The minimum absolute atomic E-state index is 0.0989. The summed E-state index contributed by atoms with van der Waals surface area (Å²) in [4.78, 5) is 19.6. The van der Waals surface area contributed by atoms with Crippen molar-refractivity contribution < 1.29 is 42.4 Å². The highest BCUT2D eigenvalue weighted by molar-refractivity contribution is 5.92. The smallest absolute Gasteiger partial charge is 0.490 e. The Kier molecular flexibility index (Phi) is 6.33. The minimum atomic E-state index is -5.08. The van der Waals surface area contributed by atoms with Crippen molar-refractivity contribution in [3.63, 3.8) is 0 Å². The van der Waals surface area contributed by atoms with Gasteiger partial charge >= 0.3 is 18.1 Å². The van der Waals surface area contributed by atoms with Gasteiger partial charge in [-0.1, -0.05) is 6.07 Å². The molecule has 1 aromatic rings. The summed E-state index contributed by atoms with van der Waals surface area (Å²) in [6.07, 6.45) is -5.08. The number of carbonyl (C=O) groups is 2. The van der Waals surface area contributed by atoms with Gasteiger partial charge in [-0.05, 0) is 12.1 Å². The normalized spacial score (nSPS) is 10.1. The first-order valence-electron chi connectivity index (χ1n) is 4.89. The number of carboxylic acids is 2. The lowest BCUT2D eigenvalue weighted by molar-refractivity contribution is -0.192. The van der Waals surface area contributed by atoms with Crippen LogP contribution in [0.4, 0.5) is 13.2 Å². The van der Waals surface area contributed by atoms with E-state index in [4.69, 9.17) is 24.5 Å². The van der Waals surface area contributed by atoms with Crippen LogP contribution in [0.2, 0.25) is 0 Å². The summed E-state index contributed by atoms with van der Waals surface area (Å²) < 4.78 is 41.6. The second-order valence-corrected chi connectivity index (χ2v) is 3.15. The maximum Gasteiger partial charge on any atom is 0.490 e. The van der Waals surface area contributed by atoms with Crippen LogP contribution in [-0.2, 0) is 4.79 Å². The molecular weight excluding hydrogens is 285 g/mol. The van der Waals surface area contributed by atoms with Gasteiger partial charge < -0.3 is 19.7 Å². The number of hydrogen-bond donors (Lipinski definition) is 2. The molecule has 1 rings (SSSR count). The molecule has 2 N–H and O–H groups in total. The number of rotatable bonds is 3. The molecule has 0 aromatic heterocycles. The van der Waals surface area contributed by atoms with E-state index >= 15 is 0 Å². The van der Waals surface area contributed by atoms with Gasteiger partial charge in [-0.15, -0.1) is 0 Å². The van der Waals surface area contributed by atoms with Gasteiger partial charge in [-0.2, -0.15) is 13.2 Å². The van der Waals surface area contributed by atoms with Crippen LogP contribution in [0, 0.1) is 0 Å². The first-order valence-corrected chi connectivity index (χ1v) is 4.89. The average Bonchev–Trinajstić information content (AvgIpc) is 2.37. The van der Waals surface area contributed by atoms with E-state index in [1.807, 2.05) is 0 Å². The minimum Gasteiger partial charge on any atom is -0.493 e. The van der Waals surface area contributed by atoms with Gasteiger partial charge in [0.25, 0.3) is 0 Å². The Balaban J connectivity index is 0.000000441. The molecule has 0 aliphatic carbocycles. The van der Waals surface area contributed by atoms with Crippen LogP contribution >= 0.6 is 0 Å². The molecule has 6 nitrogen and oxygen atoms in total. The van der Waals surface area contributed by atoms with Gasteiger partial charge in [0.15, 0.2) is 11.5 Å². The van der Waals surface area contributed by atoms with Gasteiger partial charge in [0, 0.05) is 0 Å². The number of ether oxygens (including phenoxy) is 2. The van der Waals surface area contributed by atoms with Gasteiger partial charge in [-0.3, -0.25) is 0 Å². The van der Waals surface area contributed by atoms with Crippen LogP contribution in [0.3, 0.4) is 0 Å². The molecule has 0 saturated carbocycles. The molecule has 0 unspecified atom stereocenters. The third-order valence-corrected chi connectivity index (χ3v) is 1.88. The zero-order valence-corrected chi connectivity index (χ0v) is 10.4. The Morgan fingerprint density at radius 3 is 1.90 bits per heavy atom. The molecule has 112 valence electrons. The predicted molar refractivity (Wildman–Crippen MR) is 60.2 cm³/mol. The number of hydrogen-bond acceptors (Lipinski definition) is 4. The van der Waals surface area contributed by atoms with Gasteiger partial charge in [0.1, 0.15) is 5.56 Å². The molecule has 0 amide bonds. The fraction of sp³-hybridized carbons (Fsp3) is 0.273. The third-order valence-electron chi connectivity index (χ3n) is 1.88. The van der Waals surface area contributed by atoms with Crippen molar-refractivity contribution in [3.05, 3.63) is 23.8 Å². The number of para-hydroxylation sites is 1. The van der Waals surface area contributed by atoms with E-state index in [1.165, 1.54) is 20.3 Å². The molecule has 0 bridgehead atoms. The van der Waals surface area contributed by atoms with Crippen molar-refractivity contribution in [2.75, 3.05) is 14.2 Å². The molecule has 0 radical (unpaired) electrons. The maximum atomic E-state index is 10.7. The molecule has 0 spiro atoms. The lowest BCUT2D eigenvalue weighted by Gasteiger charge is -2.08. The van der Waals surface area contributed by atoms with Crippen LogP contribution in [0.25, 0.3) is 0 Å². The summed E-state index contributed by atoms with van der Waals surface area (Å²) in [7, 11) is 2.87. The number of methoxy groups -OCH3 is 2. The Bertz CT molecular complexity index is 484. The van der Waals surface area contributed by atoms with Crippen LogP contribution in [-0.4, -0.2) is 42.5 Å². The molecule has 0 heterocycles. The Morgan fingerprint density at radius 1 is 1.10 bits per heavy atom. The lowest BCUT2D eigenvalue weighted by Crippen LogP contribution is -2.21. The Hall–Kier alpha value is -2.45. The fourth-order valence-electron chi connectivity index (χ4n) is 1.06. The summed E-state index contributed by atoms with van der Waals surface area (Å²) in [5.74, 6) is -3.12. The zero-order valence-electron chi connectivity index (χ0n) is 10.4. The molecule has 0 aliphatic rings. The molecule has 0 aliphatic heterocycles. The lowest BCUT2D eigenvalue weighted by atomic mass is 10.2. The summed E-state index contributed by atoms with van der Waals surface area (Å²) in [6.45, 7) is 0. The second kappa shape index (κ2) is 7.22. The van der Waals surface area contributed by atoms with Crippen LogP contribution < -0.4 is 9.47 Å². The zero-order chi connectivity index (χ0) is 15.9. The maximum absolute atomic E-state index is 10.7. The number of aromatic carboxylic acids is 1. The summed E-state index contributed by atoms with van der Waals surface area (Å²) in [5.41, 5.74) is 0.0989. The van der Waals surface area contributed by atoms with Crippen molar-refractivity contribution in [1.82, 2.24) is 0 Å². The standard InChI is InChI=1S/C9H10O4.C2HF3O2/c1-12-7-5-3-4-6(9(10)11)8(7)13-2;3-2(4,5)1(6)7/h3-5H,1-2H3,(H,10,11);(H,6,7). The fourth-order valence-corrected chi connectivity index (χ4v) is 1.06. The van der Waals surface area contributed by atoms with Crippen molar-refractivity contribution >= 4 is 11.9 Å². The van der Waals surface area contributed by atoms with E-state index in [1.54, 1.807) is 12.1 Å². The molecular formula is C11H11F3O6. The predicted octanol–water partition coefficient (Wildman–Crippen LogP) is 2.04. The van der Waals surface area contributed by atoms with Gasteiger partial charge in [0.05, 0.1) is 14.2 Å². The Morgan fingerprint density at radius 2 is 1.60 bits per heavy atom. The molecule has 1 aromatic carbocycles. The van der Waals surface area contributed by atoms with Crippen molar-refractivity contribution in [2.24, 2.45) is 0 Å². The van der Waals surface area contributed by atoms with E-state index < -0.39 is 18.1 Å². The van der Waals surface area contributed by atoms with E-state index in [0.717, 1.165) is 0 Å². The summed E-state index contributed by atoms with van der Waals surface area (Å²) in [5, 5.41) is 15.9. The molecule has 0 saturated heterocycles. The van der Waals surface area contributed by atoms with Crippen LogP contribution in [0.15, 0.2) is 18.2 Å². The second-order valence-electron chi connectivity index (χ2n) is 3.15. The molecule has 20 heavy (non-hydrogen) atoms. The Labute approximate surface area is 111 Å². The monoisotopic (exact) mass is 296 g/mol. The van der Waals surface area contributed by atoms with Crippen LogP contribution in [0.1, 0.15) is 10.4 Å². The average molecular weight is 296 g/mol. The van der Waals surface area contributed by atoms with Crippen molar-refractivity contribution in [2.45, 2.75) is 6.18 Å². The SMILES string of the molecule is COc1cccc(C(=O)O)c1OC.O=C(O)C(F)(F)F. The van der Waals surface area contributed by atoms with E-state index in [-0.39, 0.29) is 11.3 Å². The number of aliphatic carboxylic acids is 1. The van der Waals surface area contributed by atoms with Crippen molar-refractivity contribution in [1.29, 1.82) is 0 Å². The van der Waals surface area contributed by atoms with Crippen LogP contribution in [0.5, 0.6) is 11.5 Å². The largest absolute Gasteiger partial charge is 0.493 e. The van der Waals surface area contributed by atoms with E-state index in [2.05, 4.69) is 0 Å². The topological polar surface area (TPSA) is 93.1 Å². The van der Waals surface area contributed by atoms with E-state index in [9.17, 15) is 18.0 Å². The third kappa shape index (κ3) is 5.04. The van der Waals surface area contributed by atoms with Gasteiger partial charge in [-0.25, -0.2) is 9.59 Å². The van der Waals surface area contributed by atoms with E-state index in [0.29, 0.717) is 5.75 Å². The first kappa shape index (κ1) is 17.6. The number of alkyl halides is 3. The highest BCUT2D eigenvalue weighted by Gasteiger charge is 2.38. The molecule has 0 atom stereocenters. The van der Waals surface area contributed by atoms with Crippen molar-refractivity contribution in [3.8, 4) is 11.5 Å². The quantitative estimate of drug-likeness (QED) is 0.886. The molecule has 9 heteroatoms. The highest BCUT2D eigenvalue weighted by atomic mass is 19.4. The highest BCUT2D eigenvalue weighted by Crippen LogP contribution is 2.30. The number of carboxylic acid groups (broad SMARTS) is 2. The number of benzene rings is 1. The number of halogens is 3.